The molecule has 0 aromatic rings. The van der Waals surface area contributed by atoms with Crippen LogP contribution in [-0.4, -0.2) is 34.5 Å². The summed E-state index contributed by atoms with van der Waals surface area (Å²) in [4.78, 5) is 11.3. The van der Waals surface area contributed by atoms with Gasteiger partial charge in [0.25, 0.3) is 0 Å². The topological polar surface area (TPSA) is 66.8 Å². The van der Waals surface area contributed by atoms with Crippen LogP contribution in [0.15, 0.2) is 12.2 Å². The van der Waals surface area contributed by atoms with Gasteiger partial charge in [0, 0.05) is 0 Å². The Bertz CT molecular complexity index is 249. The molecule has 1 aliphatic rings. The second-order valence-corrected chi connectivity index (χ2v) is 4.32. The van der Waals surface area contributed by atoms with Crippen LogP contribution in [-0.2, 0) is 9.53 Å². The van der Waals surface area contributed by atoms with Crippen molar-refractivity contribution in [3.63, 3.8) is 0 Å². The molecule has 0 radical (unpaired) electrons. The fourth-order valence-corrected chi connectivity index (χ4v) is 1.72. The van der Waals surface area contributed by atoms with Gasteiger partial charge in [-0.05, 0) is 32.6 Å². The first kappa shape index (κ1) is 13.2. The number of cyclic esters (lactones) is 1. The molecule has 0 amide bonds. The molecule has 4 heteroatoms. The Hall–Kier alpha value is -0.870. The summed E-state index contributed by atoms with van der Waals surface area (Å²) in [5.74, 6) is -0.370. The van der Waals surface area contributed by atoms with Gasteiger partial charge in [0.2, 0.25) is 0 Å². The van der Waals surface area contributed by atoms with Crippen molar-refractivity contribution in [3.05, 3.63) is 12.2 Å². The van der Waals surface area contributed by atoms with Gasteiger partial charge in [0.05, 0.1) is 24.7 Å². The second-order valence-electron chi connectivity index (χ2n) is 4.32. The molecule has 0 spiro atoms. The molecule has 0 fully saturated rings. The highest BCUT2D eigenvalue weighted by Gasteiger charge is 2.14. The summed E-state index contributed by atoms with van der Waals surface area (Å²) in [5.41, 5.74) is 0. The van der Waals surface area contributed by atoms with E-state index in [1.54, 1.807) is 6.08 Å². The molecule has 0 unspecified atom stereocenters. The average Bonchev–Trinajstić information content (AvgIpc) is 2.15. The molecule has 0 saturated carbocycles. The van der Waals surface area contributed by atoms with Crippen LogP contribution < -0.4 is 0 Å². The first-order valence-corrected chi connectivity index (χ1v) is 5.80. The predicted molar refractivity (Wildman–Crippen MR) is 59.8 cm³/mol. The molecule has 2 N–H and O–H groups in total. The van der Waals surface area contributed by atoms with E-state index in [0.717, 1.165) is 12.8 Å². The molecule has 16 heavy (non-hydrogen) atoms. The van der Waals surface area contributed by atoms with Crippen molar-refractivity contribution in [1.29, 1.82) is 0 Å². The standard InChI is InChI=1S/C12H20O4/c1-9-4-2-5-10(13)6-3-7-11(14)8-12(15)16-9/h3,7,9-11,13-14H,2,4-6,8H2,1H3/b7-3+/t9-,10-,11-/m1/s1. The van der Waals surface area contributed by atoms with E-state index in [9.17, 15) is 15.0 Å². The average molecular weight is 228 g/mol. The minimum absolute atomic E-state index is 0.0169. The Morgan fingerprint density at radius 2 is 2.12 bits per heavy atom. The van der Waals surface area contributed by atoms with Crippen LogP contribution in [0.2, 0.25) is 0 Å². The van der Waals surface area contributed by atoms with Crippen molar-refractivity contribution >= 4 is 5.97 Å². The monoisotopic (exact) mass is 228 g/mol. The number of carbonyl (C=O) groups is 1. The number of ether oxygens (including phenoxy) is 1. The minimum atomic E-state index is -0.814. The fraction of sp³-hybridized carbons (Fsp3) is 0.750. The molecule has 92 valence electrons. The highest BCUT2D eigenvalue weighted by molar-refractivity contribution is 5.70. The summed E-state index contributed by atoms with van der Waals surface area (Å²) >= 11 is 0. The minimum Gasteiger partial charge on any atom is -0.463 e. The van der Waals surface area contributed by atoms with Crippen LogP contribution >= 0.6 is 0 Å². The van der Waals surface area contributed by atoms with E-state index in [4.69, 9.17) is 4.74 Å². The Labute approximate surface area is 95.9 Å². The number of carbonyl (C=O) groups excluding carboxylic acids is 1. The molecule has 0 bridgehead atoms. The van der Waals surface area contributed by atoms with Crippen molar-refractivity contribution in [2.45, 2.75) is 57.3 Å². The lowest BCUT2D eigenvalue weighted by molar-refractivity contribution is -0.150. The highest BCUT2D eigenvalue weighted by Crippen LogP contribution is 2.12. The van der Waals surface area contributed by atoms with Gasteiger partial charge in [-0.25, -0.2) is 0 Å². The van der Waals surface area contributed by atoms with Crippen LogP contribution in [0.4, 0.5) is 0 Å². The van der Waals surface area contributed by atoms with Gasteiger partial charge in [-0.15, -0.1) is 0 Å². The molecular formula is C12H20O4. The van der Waals surface area contributed by atoms with E-state index in [1.165, 1.54) is 6.08 Å². The SMILES string of the molecule is C[C@@H]1CCC[C@@H](O)C/C=C/[C@@H](O)CC(=O)O1. The van der Waals surface area contributed by atoms with Gasteiger partial charge in [0.1, 0.15) is 0 Å². The quantitative estimate of drug-likeness (QED) is 0.482. The summed E-state index contributed by atoms with van der Waals surface area (Å²) in [6, 6.07) is 0. The lowest BCUT2D eigenvalue weighted by Gasteiger charge is -2.16. The van der Waals surface area contributed by atoms with Crippen molar-refractivity contribution in [2.24, 2.45) is 0 Å². The largest absolute Gasteiger partial charge is 0.463 e. The van der Waals surface area contributed by atoms with Crippen molar-refractivity contribution in [2.75, 3.05) is 0 Å². The molecule has 1 rings (SSSR count). The number of aliphatic hydroxyl groups excluding tert-OH is 2. The summed E-state index contributed by atoms with van der Waals surface area (Å²) in [6.07, 6.45) is 4.73. The van der Waals surface area contributed by atoms with Crippen LogP contribution in [0.5, 0.6) is 0 Å². The zero-order valence-corrected chi connectivity index (χ0v) is 9.63. The van der Waals surface area contributed by atoms with E-state index in [-0.39, 0.29) is 24.6 Å². The predicted octanol–water partition coefficient (Wildman–Crippen LogP) is 1.16. The van der Waals surface area contributed by atoms with Gasteiger partial charge in [0.15, 0.2) is 0 Å². The molecule has 0 saturated heterocycles. The van der Waals surface area contributed by atoms with Crippen LogP contribution in [0.1, 0.15) is 39.0 Å². The zero-order valence-electron chi connectivity index (χ0n) is 9.63. The van der Waals surface area contributed by atoms with Crippen LogP contribution in [0.3, 0.4) is 0 Å². The van der Waals surface area contributed by atoms with E-state index in [2.05, 4.69) is 0 Å². The van der Waals surface area contributed by atoms with E-state index in [0.29, 0.717) is 12.8 Å². The third-order valence-corrected chi connectivity index (χ3v) is 2.62. The highest BCUT2D eigenvalue weighted by atomic mass is 16.5. The van der Waals surface area contributed by atoms with E-state index < -0.39 is 6.10 Å². The molecule has 0 aromatic heterocycles. The third-order valence-electron chi connectivity index (χ3n) is 2.62. The molecule has 4 nitrogen and oxygen atoms in total. The van der Waals surface area contributed by atoms with E-state index >= 15 is 0 Å². The summed E-state index contributed by atoms with van der Waals surface area (Å²) in [5, 5.41) is 19.0. The zero-order chi connectivity index (χ0) is 12.0. The summed E-state index contributed by atoms with van der Waals surface area (Å²) in [7, 11) is 0. The van der Waals surface area contributed by atoms with Gasteiger partial charge >= 0.3 is 5.97 Å². The van der Waals surface area contributed by atoms with Crippen molar-refractivity contribution in [1.82, 2.24) is 0 Å². The fourth-order valence-electron chi connectivity index (χ4n) is 1.72. The maximum Gasteiger partial charge on any atom is 0.309 e. The van der Waals surface area contributed by atoms with Gasteiger partial charge < -0.3 is 14.9 Å². The molecular weight excluding hydrogens is 208 g/mol. The van der Waals surface area contributed by atoms with Crippen LogP contribution in [0, 0.1) is 0 Å². The molecule has 3 atom stereocenters. The number of hydrogen-bond donors (Lipinski definition) is 2. The maximum atomic E-state index is 11.3. The Morgan fingerprint density at radius 3 is 2.88 bits per heavy atom. The summed E-state index contributed by atoms with van der Waals surface area (Å²) in [6.45, 7) is 1.83. The van der Waals surface area contributed by atoms with Crippen LogP contribution in [0.25, 0.3) is 0 Å². The Morgan fingerprint density at radius 1 is 1.38 bits per heavy atom. The smallest absolute Gasteiger partial charge is 0.309 e. The van der Waals surface area contributed by atoms with Gasteiger partial charge in [-0.3, -0.25) is 4.79 Å². The van der Waals surface area contributed by atoms with Crippen molar-refractivity contribution < 1.29 is 19.7 Å². The Balaban J connectivity index is 2.55. The first-order chi connectivity index (χ1) is 7.58. The number of rotatable bonds is 0. The maximum absolute atomic E-state index is 11.3. The molecule has 0 aromatic carbocycles. The second kappa shape index (κ2) is 6.66. The number of esters is 1. The van der Waals surface area contributed by atoms with Gasteiger partial charge in [-0.2, -0.15) is 0 Å². The molecule has 1 aliphatic heterocycles. The molecule has 1 heterocycles. The van der Waals surface area contributed by atoms with E-state index in [1.807, 2.05) is 6.92 Å². The first-order valence-electron chi connectivity index (χ1n) is 5.80. The number of hydrogen-bond acceptors (Lipinski definition) is 4. The Kier molecular flexibility index (Phi) is 5.49. The lowest BCUT2D eigenvalue weighted by atomic mass is 10.1. The van der Waals surface area contributed by atoms with Gasteiger partial charge in [-0.1, -0.05) is 12.2 Å². The molecule has 0 aliphatic carbocycles. The normalized spacial score (nSPS) is 35.7. The number of aliphatic hydroxyl groups is 2. The third kappa shape index (κ3) is 5.28. The lowest BCUT2D eigenvalue weighted by Crippen LogP contribution is -2.20. The summed E-state index contributed by atoms with van der Waals surface area (Å²) < 4.78 is 5.11. The van der Waals surface area contributed by atoms with Crippen molar-refractivity contribution in [3.8, 4) is 0 Å².